The molecule has 0 aromatic heterocycles. The molecule has 0 radical (unpaired) electrons. The maximum Gasteiger partial charge on any atom is 0.306 e. The van der Waals surface area contributed by atoms with Crippen molar-refractivity contribution in [2.24, 2.45) is 0 Å². The summed E-state index contributed by atoms with van der Waals surface area (Å²) < 4.78 is 34.5. The van der Waals surface area contributed by atoms with Crippen molar-refractivity contribution in [2.45, 2.75) is 351 Å². The van der Waals surface area contributed by atoms with Gasteiger partial charge in [-0.25, -0.2) is 0 Å². The number of unbranched alkanes of at least 4 members (excludes halogenated alkanes) is 36. The van der Waals surface area contributed by atoms with Crippen molar-refractivity contribution in [3.63, 3.8) is 0 Å². The number of rotatable bonds is 56. The Kier molecular flexibility index (Phi) is 49.9. The highest BCUT2D eigenvalue weighted by Gasteiger charge is 2.47. The van der Waals surface area contributed by atoms with E-state index in [2.05, 4.69) is 50.3 Å². The Labute approximate surface area is 493 Å². The van der Waals surface area contributed by atoms with Gasteiger partial charge in [0.1, 0.15) is 54.9 Å². The molecule has 81 heavy (non-hydrogen) atoms. The highest BCUT2D eigenvalue weighted by molar-refractivity contribution is 5.69. The number of allylic oxidation sites excluding steroid dienone is 6. The van der Waals surface area contributed by atoms with Gasteiger partial charge in [-0.05, 0) is 51.4 Å². The van der Waals surface area contributed by atoms with Crippen molar-refractivity contribution in [1.29, 1.82) is 0 Å². The van der Waals surface area contributed by atoms with Crippen LogP contribution in [-0.4, -0.2) is 142 Å². The summed E-state index contributed by atoms with van der Waals surface area (Å²) >= 11 is 0. The molecular formula is C67H124O14. The summed E-state index contributed by atoms with van der Waals surface area (Å²) in [5.41, 5.74) is 0. The van der Waals surface area contributed by atoms with Crippen molar-refractivity contribution in [2.75, 3.05) is 33.0 Å². The number of hydrogen-bond donors (Lipinski definition) is 7. The molecule has 0 aromatic carbocycles. The monoisotopic (exact) mass is 1150 g/mol. The van der Waals surface area contributed by atoms with Crippen LogP contribution in [0.3, 0.4) is 0 Å². The Balaban J connectivity index is 1.66. The Morgan fingerprint density at radius 1 is 0.407 bits per heavy atom. The Morgan fingerprint density at radius 2 is 0.765 bits per heavy atom. The molecule has 2 heterocycles. The minimum atomic E-state index is -1.71. The molecule has 2 aliphatic heterocycles. The molecule has 14 nitrogen and oxygen atoms in total. The van der Waals surface area contributed by atoms with E-state index in [1.165, 1.54) is 199 Å². The van der Waals surface area contributed by atoms with Crippen LogP contribution in [0.2, 0.25) is 0 Å². The molecule has 0 aromatic rings. The lowest BCUT2D eigenvalue weighted by Gasteiger charge is -2.42. The second kappa shape index (κ2) is 53.7. The van der Waals surface area contributed by atoms with Gasteiger partial charge in [-0.15, -0.1) is 0 Å². The van der Waals surface area contributed by atoms with Gasteiger partial charge < -0.3 is 64.2 Å². The zero-order valence-corrected chi connectivity index (χ0v) is 51.5. The van der Waals surface area contributed by atoms with Gasteiger partial charge >= 0.3 is 5.97 Å². The largest absolute Gasteiger partial charge is 0.457 e. The fraction of sp³-hybridized carbons (Fsp3) is 0.896. The number of hydrogen-bond acceptors (Lipinski definition) is 14. The van der Waals surface area contributed by atoms with Gasteiger partial charge in [-0.2, -0.15) is 0 Å². The molecule has 476 valence electrons. The number of carbonyl (C=O) groups excluding carboxylic acids is 1. The van der Waals surface area contributed by atoms with Gasteiger partial charge in [-0.3, -0.25) is 4.79 Å². The van der Waals surface area contributed by atoms with E-state index in [0.29, 0.717) is 13.0 Å². The van der Waals surface area contributed by atoms with Crippen LogP contribution in [0.5, 0.6) is 0 Å². The summed E-state index contributed by atoms with van der Waals surface area (Å²) in [7, 11) is 0. The van der Waals surface area contributed by atoms with Crippen LogP contribution in [0.15, 0.2) is 36.5 Å². The van der Waals surface area contributed by atoms with Crippen LogP contribution in [0.4, 0.5) is 0 Å². The molecule has 0 bridgehead atoms. The van der Waals surface area contributed by atoms with E-state index in [0.717, 1.165) is 57.8 Å². The lowest BCUT2D eigenvalue weighted by molar-refractivity contribution is -0.332. The van der Waals surface area contributed by atoms with Gasteiger partial charge in [0.15, 0.2) is 12.6 Å². The SMILES string of the molecule is CCCCCCC/C=C\C/C=C\C/C=C\CCCCCCCCCCCOCC(COC1OC(COC2OC(CO)C(O)C(O)C2O)C(O)C(O)C1O)OC(=O)CCCCCCCCCCCCCCCCCCCCCCCCC. The van der Waals surface area contributed by atoms with Crippen LogP contribution in [-0.2, 0) is 33.2 Å². The first-order valence-electron chi connectivity index (χ1n) is 33.6. The molecule has 11 unspecified atom stereocenters. The molecule has 2 saturated heterocycles. The van der Waals surface area contributed by atoms with Gasteiger partial charge in [0.2, 0.25) is 0 Å². The van der Waals surface area contributed by atoms with Crippen molar-refractivity contribution >= 4 is 5.97 Å². The van der Waals surface area contributed by atoms with Crippen molar-refractivity contribution in [1.82, 2.24) is 0 Å². The van der Waals surface area contributed by atoms with E-state index in [-0.39, 0.29) is 25.6 Å². The smallest absolute Gasteiger partial charge is 0.306 e. The quantitative estimate of drug-likeness (QED) is 0.0171. The molecule has 2 aliphatic rings. The molecule has 14 heteroatoms. The summed E-state index contributed by atoms with van der Waals surface area (Å²) in [4.78, 5) is 13.1. The summed E-state index contributed by atoms with van der Waals surface area (Å²) in [5, 5.41) is 72.6. The standard InChI is InChI=1S/C67H124O14/c1-3-5-7-9-11-13-15-17-19-21-23-25-27-29-31-33-35-37-39-41-43-45-47-49-51-76-53-56(54-77-66-65(75)63(73)61(71)58(81-66)55-78-67-64(74)62(72)60(70)57(52-68)80-67)79-59(69)50-48-46-44-42-40-38-36-34-32-30-28-26-24-22-20-18-16-14-12-10-8-6-4-2/h15,17,21,23,27,29,56-58,60-68,70-75H,3-14,16,18-20,22,24-26,28,30-55H2,1-2H3/b17-15-,23-21-,29-27-. The summed E-state index contributed by atoms with van der Waals surface area (Å²) in [6, 6.07) is 0. The molecule has 7 N–H and O–H groups in total. The van der Waals surface area contributed by atoms with Crippen molar-refractivity contribution in [3.05, 3.63) is 36.5 Å². The number of esters is 1. The van der Waals surface area contributed by atoms with E-state index >= 15 is 0 Å². The lowest BCUT2D eigenvalue weighted by Crippen LogP contribution is -2.61. The van der Waals surface area contributed by atoms with E-state index in [1.54, 1.807) is 0 Å². The molecule has 2 rings (SSSR count). The van der Waals surface area contributed by atoms with Crippen LogP contribution in [0, 0.1) is 0 Å². The molecule has 2 fully saturated rings. The Bertz CT molecular complexity index is 1480. The molecule has 11 atom stereocenters. The third-order valence-corrected chi connectivity index (χ3v) is 16.2. The molecule has 0 spiro atoms. The topological polar surface area (TPSA) is 214 Å². The van der Waals surface area contributed by atoms with E-state index in [9.17, 15) is 40.5 Å². The third kappa shape index (κ3) is 39.5. The molecular weight excluding hydrogens is 1030 g/mol. The first-order valence-corrected chi connectivity index (χ1v) is 33.6. The minimum Gasteiger partial charge on any atom is -0.457 e. The highest BCUT2D eigenvalue weighted by atomic mass is 16.7. The zero-order chi connectivity index (χ0) is 58.6. The first-order chi connectivity index (χ1) is 39.6. The second-order valence-electron chi connectivity index (χ2n) is 23.7. The number of aliphatic hydroxyl groups excluding tert-OH is 7. The third-order valence-electron chi connectivity index (χ3n) is 16.2. The van der Waals surface area contributed by atoms with Crippen LogP contribution in [0.1, 0.15) is 284 Å². The average Bonchev–Trinajstić information content (AvgIpc) is 3.46. The van der Waals surface area contributed by atoms with Gasteiger partial charge in [0, 0.05) is 13.0 Å². The minimum absolute atomic E-state index is 0.0611. The number of aliphatic hydroxyl groups is 7. The van der Waals surface area contributed by atoms with Gasteiger partial charge in [-0.1, -0.05) is 262 Å². The van der Waals surface area contributed by atoms with Gasteiger partial charge in [0.05, 0.1) is 26.4 Å². The summed E-state index contributed by atoms with van der Waals surface area (Å²) in [6.07, 6.45) is 49.3. The lowest BCUT2D eigenvalue weighted by atomic mass is 9.98. The number of ether oxygens (including phenoxy) is 6. The highest BCUT2D eigenvalue weighted by Crippen LogP contribution is 2.27. The van der Waals surface area contributed by atoms with Crippen LogP contribution < -0.4 is 0 Å². The van der Waals surface area contributed by atoms with E-state index < -0.39 is 80.7 Å². The average molecular weight is 1150 g/mol. The maximum absolute atomic E-state index is 13.1. The van der Waals surface area contributed by atoms with Crippen LogP contribution in [0.25, 0.3) is 0 Å². The van der Waals surface area contributed by atoms with Gasteiger partial charge in [0.25, 0.3) is 0 Å². The Morgan fingerprint density at radius 3 is 1.20 bits per heavy atom. The molecule has 0 amide bonds. The van der Waals surface area contributed by atoms with Crippen LogP contribution >= 0.6 is 0 Å². The predicted octanol–water partition coefficient (Wildman–Crippen LogP) is 13.6. The second-order valence-corrected chi connectivity index (χ2v) is 23.7. The summed E-state index contributed by atoms with van der Waals surface area (Å²) in [5.74, 6) is -0.371. The first kappa shape index (κ1) is 75.3. The predicted molar refractivity (Wildman–Crippen MR) is 326 cm³/mol. The fourth-order valence-electron chi connectivity index (χ4n) is 10.8. The van der Waals surface area contributed by atoms with E-state index in [4.69, 9.17) is 28.4 Å². The Hall–Kier alpha value is -1.79. The molecule has 0 aliphatic carbocycles. The molecule has 0 saturated carbocycles. The maximum atomic E-state index is 13.1. The normalized spacial score (nSPS) is 23.9. The van der Waals surface area contributed by atoms with Crippen molar-refractivity contribution in [3.8, 4) is 0 Å². The van der Waals surface area contributed by atoms with E-state index in [1.807, 2.05) is 0 Å². The zero-order valence-electron chi connectivity index (χ0n) is 51.5. The number of carbonyl (C=O) groups is 1. The fourth-order valence-corrected chi connectivity index (χ4v) is 10.8. The van der Waals surface area contributed by atoms with Crippen molar-refractivity contribution < 1.29 is 69.0 Å². The summed E-state index contributed by atoms with van der Waals surface area (Å²) in [6.45, 7) is 3.73.